The molecule has 37 heavy (non-hydrogen) atoms. The Morgan fingerprint density at radius 3 is 2.54 bits per heavy atom. The Morgan fingerprint density at radius 2 is 1.89 bits per heavy atom. The second kappa shape index (κ2) is 10.1. The number of Topliss-reactive ketones (excluding diaryl/α,β-unsaturated/α-hetero) is 1. The van der Waals surface area contributed by atoms with Crippen LogP contribution in [-0.4, -0.2) is 57.8 Å². The van der Waals surface area contributed by atoms with Crippen molar-refractivity contribution in [2.45, 2.75) is 50.9 Å². The highest BCUT2D eigenvalue weighted by atomic mass is 32.2. The van der Waals surface area contributed by atoms with Gasteiger partial charge in [0.05, 0.1) is 40.4 Å². The zero-order valence-corrected chi connectivity index (χ0v) is 21.7. The lowest BCUT2D eigenvalue weighted by atomic mass is 9.91. The average Bonchev–Trinajstić information content (AvgIpc) is 3.62. The lowest BCUT2D eigenvalue weighted by molar-refractivity contribution is -0.119. The van der Waals surface area contributed by atoms with E-state index in [9.17, 15) is 22.0 Å². The van der Waals surface area contributed by atoms with E-state index in [1.807, 2.05) is 12.1 Å². The molecule has 1 aromatic carbocycles. The number of aromatic nitrogens is 1. The summed E-state index contributed by atoms with van der Waals surface area (Å²) in [6.07, 6.45) is 1.86. The Labute approximate surface area is 215 Å². The van der Waals surface area contributed by atoms with Crippen molar-refractivity contribution in [2.24, 2.45) is 10.9 Å². The third-order valence-electron chi connectivity index (χ3n) is 7.18. The van der Waals surface area contributed by atoms with E-state index < -0.39 is 16.4 Å². The lowest BCUT2D eigenvalue weighted by Gasteiger charge is -2.26. The predicted octanol–water partition coefficient (Wildman–Crippen LogP) is 4.53. The molecule has 1 aromatic heterocycles. The Morgan fingerprint density at radius 1 is 1.16 bits per heavy atom. The van der Waals surface area contributed by atoms with E-state index in [1.165, 1.54) is 11.4 Å². The maximum Gasteiger partial charge on any atom is 0.277 e. The highest BCUT2D eigenvalue weighted by molar-refractivity contribution is 7.92. The SMILES string of the molecule is CN(c1cc(C2CCOCC2)ccc1Nc1cc(CC(=O)C2CC2)nc2c1N=C(C(F)F)C2)S(C)(=O)=O. The molecular weight excluding hydrogens is 502 g/mol. The van der Waals surface area contributed by atoms with E-state index in [2.05, 4.69) is 15.3 Å². The average molecular weight is 533 g/mol. The van der Waals surface area contributed by atoms with Crippen LogP contribution in [0.25, 0.3) is 0 Å². The summed E-state index contributed by atoms with van der Waals surface area (Å²) in [7, 11) is -2.11. The van der Waals surface area contributed by atoms with Crippen molar-refractivity contribution in [3.05, 3.63) is 41.2 Å². The van der Waals surface area contributed by atoms with Gasteiger partial charge in [0, 0.05) is 39.0 Å². The van der Waals surface area contributed by atoms with Crippen molar-refractivity contribution in [3.8, 4) is 0 Å². The van der Waals surface area contributed by atoms with Crippen molar-refractivity contribution in [1.82, 2.24) is 4.98 Å². The van der Waals surface area contributed by atoms with Crippen molar-refractivity contribution < 1.29 is 26.7 Å². The first-order valence-corrected chi connectivity index (χ1v) is 14.3. The highest BCUT2D eigenvalue weighted by Gasteiger charge is 2.31. The number of fused-ring (bicyclic) bond motifs is 1. The summed E-state index contributed by atoms with van der Waals surface area (Å²) in [5, 5.41) is 3.24. The number of sulfonamides is 1. The van der Waals surface area contributed by atoms with Gasteiger partial charge in [0.1, 0.15) is 11.5 Å². The van der Waals surface area contributed by atoms with Gasteiger partial charge < -0.3 is 10.1 Å². The summed E-state index contributed by atoms with van der Waals surface area (Å²) in [6.45, 7) is 1.30. The topological polar surface area (TPSA) is 101 Å². The Bertz CT molecular complexity index is 1350. The number of hydrogen-bond donors (Lipinski definition) is 1. The molecule has 2 fully saturated rings. The lowest BCUT2D eigenvalue weighted by Crippen LogP contribution is -2.26. The standard InChI is InChI=1S/C26H30F2N4O4S/c1-32(37(2,34)35)23-11-17(15-7-9-36-10-8-15)5-6-19(23)30-20-12-18(13-24(33)16-3-4-16)29-21-14-22(26(27)28)31-25(20)21/h5-6,11-12,15-16,26H,3-4,7-10,13-14H2,1-2H3,(H,29,30). The molecule has 5 rings (SSSR count). The maximum atomic E-state index is 13.5. The third-order valence-corrected chi connectivity index (χ3v) is 8.37. The van der Waals surface area contributed by atoms with E-state index in [0.717, 1.165) is 37.5 Å². The van der Waals surface area contributed by atoms with E-state index in [0.29, 0.717) is 47.4 Å². The molecule has 198 valence electrons. The molecule has 0 bridgehead atoms. The monoisotopic (exact) mass is 532 g/mol. The van der Waals surface area contributed by atoms with Crippen LogP contribution in [0.3, 0.4) is 0 Å². The zero-order chi connectivity index (χ0) is 26.3. The number of carbonyl (C=O) groups excluding carboxylic acids is 1. The molecule has 0 radical (unpaired) electrons. The van der Waals surface area contributed by atoms with Crippen LogP contribution in [0.15, 0.2) is 29.3 Å². The molecule has 0 atom stereocenters. The summed E-state index contributed by atoms with van der Waals surface area (Å²) < 4.78 is 58.7. The fraction of sp³-hybridized carbons (Fsp3) is 0.500. The molecule has 3 heterocycles. The molecule has 1 N–H and O–H groups in total. The van der Waals surface area contributed by atoms with Crippen LogP contribution in [0, 0.1) is 5.92 Å². The molecule has 0 amide bonds. The summed E-state index contributed by atoms with van der Waals surface area (Å²) in [6, 6.07) is 7.26. The van der Waals surface area contributed by atoms with Crippen molar-refractivity contribution in [2.75, 3.05) is 36.1 Å². The number of pyridine rings is 1. The van der Waals surface area contributed by atoms with Crippen LogP contribution in [0.4, 0.5) is 31.5 Å². The van der Waals surface area contributed by atoms with Gasteiger partial charge in [0.25, 0.3) is 6.43 Å². The van der Waals surface area contributed by atoms with Crippen molar-refractivity contribution in [1.29, 1.82) is 0 Å². The first-order chi connectivity index (χ1) is 17.6. The van der Waals surface area contributed by atoms with Crippen LogP contribution in [0.2, 0.25) is 0 Å². The van der Waals surface area contributed by atoms with Crippen LogP contribution in [0.1, 0.15) is 48.6 Å². The van der Waals surface area contributed by atoms with E-state index in [4.69, 9.17) is 4.74 Å². The van der Waals surface area contributed by atoms with Crippen molar-refractivity contribution in [3.63, 3.8) is 0 Å². The van der Waals surface area contributed by atoms with Gasteiger partial charge in [-0.2, -0.15) is 0 Å². The van der Waals surface area contributed by atoms with Gasteiger partial charge in [-0.3, -0.25) is 14.1 Å². The number of benzene rings is 1. The number of nitrogens with zero attached hydrogens (tertiary/aromatic N) is 3. The zero-order valence-electron chi connectivity index (χ0n) is 20.8. The smallest absolute Gasteiger partial charge is 0.277 e. The Balaban J connectivity index is 1.54. The van der Waals surface area contributed by atoms with Gasteiger partial charge in [0.15, 0.2) is 0 Å². The van der Waals surface area contributed by atoms with Gasteiger partial charge in [-0.05, 0) is 55.4 Å². The van der Waals surface area contributed by atoms with E-state index >= 15 is 0 Å². The molecule has 1 saturated carbocycles. The number of anilines is 3. The molecule has 0 unspecified atom stereocenters. The molecule has 0 spiro atoms. The van der Waals surface area contributed by atoms with E-state index in [-0.39, 0.29) is 36.2 Å². The Hall–Kier alpha value is -2.92. The minimum absolute atomic E-state index is 0.0482. The number of alkyl halides is 2. The van der Waals surface area contributed by atoms with Gasteiger partial charge in [0.2, 0.25) is 10.0 Å². The minimum atomic E-state index is -3.59. The summed E-state index contributed by atoms with van der Waals surface area (Å²) in [5.41, 5.74) is 3.23. The summed E-state index contributed by atoms with van der Waals surface area (Å²) in [4.78, 5) is 21.1. The van der Waals surface area contributed by atoms with Crippen LogP contribution >= 0.6 is 0 Å². The van der Waals surface area contributed by atoms with Crippen LogP contribution in [-0.2, 0) is 32.4 Å². The molecule has 1 saturated heterocycles. The number of hydrogen-bond acceptors (Lipinski definition) is 7. The molecule has 3 aliphatic rings. The first-order valence-electron chi connectivity index (χ1n) is 12.4. The molecular formula is C26H30F2N4O4S. The molecule has 1 aliphatic carbocycles. The normalized spacial score (nSPS) is 18.0. The van der Waals surface area contributed by atoms with Crippen LogP contribution < -0.4 is 9.62 Å². The number of ether oxygens (including phenoxy) is 1. The molecule has 2 aromatic rings. The fourth-order valence-electron chi connectivity index (χ4n) is 4.82. The second-order valence-electron chi connectivity index (χ2n) is 9.97. The number of halogens is 2. The largest absolute Gasteiger partial charge is 0.381 e. The van der Waals surface area contributed by atoms with Crippen LogP contribution in [0.5, 0.6) is 0 Å². The number of ketones is 1. The molecule has 11 heteroatoms. The van der Waals surface area contributed by atoms with Crippen molar-refractivity contribution >= 4 is 44.3 Å². The van der Waals surface area contributed by atoms with Gasteiger partial charge in [-0.15, -0.1) is 0 Å². The number of rotatable bonds is 9. The fourth-order valence-corrected chi connectivity index (χ4v) is 5.32. The maximum absolute atomic E-state index is 13.5. The number of nitrogens with one attached hydrogen (secondary N) is 1. The highest BCUT2D eigenvalue weighted by Crippen LogP contribution is 2.41. The van der Waals surface area contributed by atoms with Gasteiger partial charge >= 0.3 is 0 Å². The minimum Gasteiger partial charge on any atom is -0.381 e. The predicted molar refractivity (Wildman–Crippen MR) is 138 cm³/mol. The summed E-state index contributed by atoms with van der Waals surface area (Å²) in [5.74, 6) is 0.384. The quantitative estimate of drug-likeness (QED) is 0.509. The number of carbonyl (C=O) groups is 1. The van der Waals surface area contributed by atoms with Gasteiger partial charge in [-0.1, -0.05) is 6.07 Å². The van der Waals surface area contributed by atoms with Gasteiger partial charge in [-0.25, -0.2) is 22.2 Å². The molecule has 2 aliphatic heterocycles. The second-order valence-corrected chi connectivity index (χ2v) is 12.0. The Kier molecular flexibility index (Phi) is 7.01. The number of aliphatic imine (C=N–C) groups is 1. The first kappa shape index (κ1) is 25.7. The van der Waals surface area contributed by atoms with E-state index in [1.54, 1.807) is 12.1 Å². The third kappa shape index (κ3) is 5.67. The molecule has 8 nitrogen and oxygen atoms in total. The summed E-state index contributed by atoms with van der Waals surface area (Å²) >= 11 is 0.